The summed E-state index contributed by atoms with van der Waals surface area (Å²) >= 11 is 0. The van der Waals surface area contributed by atoms with Gasteiger partial charge in [-0.25, -0.2) is 8.42 Å². The van der Waals surface area contributed by atoms with Gasteiger partial charge in [-0.2, -0.15) is 0 Å². The van der Waals surface area contributed by atoms with Crippen molar-refractivity contribution in [2.75, 3.05) is 4.72 Å². The van der Waals surface area contributed by atoms with Crippen molar-refractivity contribution in [1.29, 1.82) is 0 Å². The molecule has 0 aromatic heterocycles. The molecule has 2 aromatic rings. The summed E-state index contributed by atoms with van der Waals surface area (Å²) in [6.07, 6.45) is 3.97. The molecule has 0 radical (unpaired) electrons. The molecule has 0 bridgehead atoms. The number of carbonyl (C=O) groups excluding carboxylic acids is 1. The summed E-state index contributed by atoms with van der Waals surface area (Å²) in [4.78, 5) is 11.8. The second-order valence-corrected chi connectivity index (χ2v) is 8.14. The SMILES string of the molecule is Cc1ccc(/C=C/S(=O)(=O)Nc2ccc(CC(=O)NC3CC3)cc2)cc1. The van der Waals surface area contributed by atoms with E-state index in [9.17, 15) is 13.2 Å². The Labute approximate surface area is 154 Å². The Morgan fingerprint density at radius 1 is 1.08 bits per heavy atom. The molecule has 26 heavy (non-hydrogen) atoms. The Morgan fingerprint density at radius 2 is 1.73 bits per heavy atom. The summed E-state index contributed by atoms with van der Waals surface area (Å²) in [6.45, 7) is 1.98. The minimum atomic E-state index is -3.60. The standard InChI is InChI=1S/C20H22N2O3S/c1-15-2-4-16(5-3-15)12-13-26(24,25)22-19-8-6-17(7-9-19)14-20(23)21-18-10-11-18/h2-9,12-13,18,22H,10-11,14H2,1H3,(H,21,23)/b13-12+. The van der Waals surface area contributed by atoms with E-state index in [2.05, 4.69) is 10.0 Å². The van der Waals surface area contributed by atoms with Crippen LogP contribution in [0.25, 0.3) is 6.08 Å². The molecule has 1 aliphatic rings. The second-order valence-electron chi connectivity index (χ2n) is 6.58. The molecule has 2 N–H and O–H groups in total. The molecular formula is C20H22N2O3S. The average Bonchev–Trinajstić information content (AvgIpc) is 3.40. The molecule has 6 heteroatoms. The molecule has 1 amide bonds. The van der Waals surface area contributed by atoms with Crippen LogP contribution < -0.4 is 10.0 Å². The number of rotatable bonds is 7. The number of carbonyl (C=O) groups is 1. The molecule has 0 unspecified atom stereocenters. The van der Waals surface area contributed by atoms with E-state index in [4.69, 9.17) is 0 Å². The monoisotopic (exact) mass is 370 g/mol. The van der Waals surface area contributed by atoms with Crippen LogP contribution in [0.2, 0.25) is 0 Å². The predicted molar refractivity (Wildman–Crippen MR) is 104 cm³/mol. The lowest BCUT2D eigenvalue weighted by Gasteiger charge is -2.07. The lowest BCUT2D eigenvalue weighted by atomic mass is 10.1. The Kier molecular flexibility index (Phi) is 5.42. The first kappa shape index (κ1) is 18.2. The van der Waals surface area contributed by atoms with Crippen molar-refractivity contribution >= 4 is 27.7 Å². The second kappa shape index (κ2) is 7.74. The topological polar surface area (TPSA) is 75.3 Å². The van der Waals surface area contributed by atoms with Gasteiger partial charge in [0.1, 0.15) is 0 Å². The van der Waals surface area contributed by atoms with E-state index in [1.807, 2.05) is 31.2 Å². The number of aryl methyl sites for hydroxylation is 1. The molecule has 2 aromatic carbocycles. The molecule has 136 valence electrons. The largest absolute Gasteiger partial charge is 0.353 e. The van der Waals surface area contributed by atoms with Gasteiger partial charge in [-0.05, 0) is 49.1 Å². The van der Waals surface area contributed by atoms with E-state index in [-0.39, 0.29) is 5.91 Å². The third-order valence-corrected chi connectivity index (χ3v) is 5.05. The van der Waals surface area contributed by atoms with E-state index >= 15 is 0 Å². The third kappa shape index (κ3) is 5.74. The molecule has 3 rings (SSSR count). The Bertz CT molecular complexity index is 897. The van der Waals surface area contributed by atoms with Gasteiger partial charge in [-0.15, -0.1) is 0 Å². The van der Waals surface area contributed by atoms with E-state index in [1.165, 1.54) is 0 Å². The van der Waals surface area contributed by atoms with Gasteiger partial charge in [-0.3, -0.25) is 9.52 Å². The molecule has 0 heterocycles. The van der Waals surface area contributed by atoms with Crippen LogP contribution in [0.15, 0.2) is 53.9 Å². The number of benzene rings is 2. The van der Waals surface area contributed by atoms with Crippen molar-refractivity contribution in [2.45, 2.75) is 32.2 Å². The van der Waals surface area contributed by atoms with Gasteiger partial charge in [0, 0.05) is 11.7 Å². The maximum absolute atomic E-state index is 12.2. The maximum Gasteiger partial charge on any atom is 0.255 e. The highest BCUT2D eigenvalue weighted by Gasteiger charge is 2.23. The van der Waals surface area contributed by atoms with Crippen LogP contribution in [0.5, 0.6) is 0 Å². The van der Waals surface area contributed by atoms with Gasteiger partial charge < -0.3 is 5.32 Å². The normalized spacial score (nSPS) is 14.3. The fourth-order valence-electron chi connectivity index (χ4n) is 2.43. The summed E-state index contributed by atoms with van der Waals surface area (Å²) < 4.78 is 26.8. The highest BCUT2D eigenvalue weighted by atomic mass is 32.2. The minimum Gasteiger partial charge on any atom is -0.353 e. The zero-order valence-electron chi connectivity index (χ0n) is 14.6. The quantitative estimate of drug-likeness (QED) is 0.786. The molecule has 1 fully saturated rings. The Hall–Kier alpha value is -2.60. The fraction of sp³-hybridized carbons (Fsp3) is 0.250. The van der Waals surface area contributed by atoms with Crippen LogP contribution in [0.4, 0.5) is 5.69 Å². The smallest absolute Gasteiger partial charge is 0.255 e. The van der Waals surface area contributed by atoms with Crippen molar-refractivity contribution in [1.82, 2.24) is 5.32 Å². The lowest BCUT2D eigenvalue weighted by molar-refractivity contribution is -0.120. The van der Waals surface area contributed by atoms with Crippen molar-refractivity contribution < 1.29 is 13.2 Å². The number of hydrogen-bond acceptors (Lipinski definition) is 3. The molecular weight excluding hydrogens is 348 g/mol. The number of amides is 1. The molecule has 1 saturated carbocycles. The summed E-state index contributed by atoms with van der Waals surface area (Å²) in [7, 11) is -3.60. The first-order chi connectivity index (χ1) is 12.4. The zero-order chi connectivity index (χ0) is 18.6. The van der Waals surface area contributed by atoms with Crippen LogP contribution in [0.1, 0.15) is 29.5 Å². The van der Waals surface area contributed by atoms with Crippen molar-refractivity contribution in [3.63, 3.8) is 0 Å². The van der Waals surface area contributed by atoms with Gasteiger partial charge >= 0.3 is 0 Å². The van der Waals surface area contributed by atoms with Crippen molar-refractivity contribution in [3.8, 4) is 0 Å². The van der Waals surface area contributed by atoms with Crippen molar-refractivity contribution in [2.24, 2.45) is 0 Å². The van der Waals surface area contributed by atoms with Gasteiger partial charge in [0.2, 0.25) is 5.91 Å². The Balaban J connectivity index is 1.58. The lowest BCUT2D eigenvalue weighted by Crippen LogP contribution is -2.26. The first-order valence-electron chi connectivity index (χ1n) is 8.55. The summed E-state index contributed by atoms with van der Waals surface area (Å²) in [6, 6.07) is 14.8. The molecule has 0 atom stereocenters. The molecule has 0 saturated heterocycles. The van der Waals surface area contributed by atoms with E-state index in [0.29, 0.717) is 18.2 Å². The van der Waals surface area contributed by atoms with Crippen molar-refractivity contribution in [3.05, 3.63) is 70.6 Å². The number of anilines is 1. The Morgan fingerprint density at radius 3 is 2.35 bits per heavy atom. The van der Waals surface area contributed by atoms with E-state index in [0.717, 1.165) is 34.9 Å². The first-order valence-corrected chi connectivity index (χ1v) is 10.1. The highest BCUT2D eigenvalue weighted by Crippen LogP contribution is 2.19. The minimum absolute atomic E-state index is 0.00172. The average molecular weight is 370 g/mol. The van der Waals surface area contributed by atoms with Gasteiger partial charge in [0.15, 0.2) is 0 Å². The number of hydrogen-bond donors (Lipinski definition) is 2. The molecule has 5 nitrogen and oxygen atoms in total. The summed E-state index contributed by atoms with van der Waals surface area (Å²) in [5.41, 5.74) is 3.25. The van der Waals surface area contributed by atoms with Crippen LogP contribution >= 0.6 is 0 Å². The van der Waals surface area contributed by atoms with Gasteiger partial charge in [-0.1, -0.05) is 42.0 Å². The number of nitrogens with one attached hydrogen (secondary N) is 2. The highest BCUT2D eigenvalue weighted by molar-refractivity contribution is 7.95. The van der Waals surface area contributed by atoms with Gasteiger partial charge in [0.25, 0.3) is 10.0 Å². The maximum atomic E-state index is 12.2. The third-order valence-electron chi connectivity index (χ3n) is 4.04. The van der Waals surface area contributed by atoms with Crippen LogP contribution in [0, 0.1) is 6.92 Å². The fourth-order valence-corrected chi connectivity index (χ4v) is 3.30. The van der Waals surface area contributed by atoms with E-state index < -0.39 is 10.0 Å². The zero-order valence-corrected chi connectivity index (χ0v) is 15.4. The van der Waals surface area contributed by atoms with E-state index in [1.54, 1.807) is 30.3 Å². The van der Waals surface area contributed by atoms with Crippen LogP contribution in [-0.2, 0) is 21.2 Å². The van der Waals surface area contributed by atoms with Crippen LogP contribution in [0.3, 0.4) is 0 Å². The molecule has 0 aliphatic heterocycles. The summed E-state index contributed by atoms with van der Waals surface area (Å²) in [5, 5.41) is 4.08. The molecule has 0 spiro atoms. The number of sulfonamides is 1. The van der Waals surface area contributed by atoms with Gasteiger partial charge in [0.05, 0.1) is 11.8 Å². The predicted octanol–water partition coefficient (Wildman–Crippen LogP) is 3.23. The summed E-state index contributed by atoms with van der Waals surface area (Å²) in [5.74, 6) is 0.00172. The molecule has 1 aliphatic carbocycles. The van der Waals surface area contributed by atoms with Crippen LogP contribution in [-0.4, -0.2) is 20.4 Å².